The molecule has 3 N–H and O–H groups in total. The van der Waals surface area contributed by atoms with Gasteiger partial charge in [-0.1, -0.05) is 0 Å². The summed E-state index contributed by atoms with van der Waals surface area (Å²) in [6.45, 7) is 2.10. The SMILES string of the molecule is Cc1ccc(-c2nccc3[nH]c(-c4n[nH]c5ccc(-c6cncc(O)c6)nc45)cc23)s1. The minimum Gasteiger partial charge on any atom is -0.506 e. The zero-order valence-corrected chi connectivity index (χ0v) is 17.2. The van der Waals surface area contributed by atoms with Crippen LogP contribution in [-0.4, -0.2) is 35.2 Å². The van der Waals surface area contributed by atoms with Gasteiger partial charge in [0.05, 0.1) is 33.7 Å². The first kappa shape index (κ1) is 17.8. The van der Waals surface area contributed by atoms with E-state index in [0.717, 1.165) is 49.5 Å². The molecule has 0 amide bonds. The normalized spacial score (nSPS) is 11.5. The van der Waals surface area contributed by atoms with Gasteiger partial charge in [0.1, 0.15) is 17.0 Å². The summed E-state index contributed by atoms with van der Waals surface area (Å²) in [4.78, 5) is 19.3. The number of aromatic nitrogens is 6. The molecule has 0 unspecified atom stereocenters. The van der Waals surface area contributed by atoms with Crippen molar-refractivity contribution in [3.8, 4) is 39.0 Å². The minimum absolute atomic E-state index is 0.103. The number of pyridine rings is 3. The number of H-pyrrole nitrogens is 2. The Hall–Kier alpha value is -4.04. The largest absolute Gasteiger partial charge is 0.506 e. The van der Waals surface area contributed by atoms with Crippen LogP contribution in [0.15, 0.2) is 61.1 Å². The summed E-state index contributed by atoms with van der Waals surface area (Å²) in [7, 11) is 0. The molecule has 7 nitrogen and oxygen atoms in total. The Bertz CT molecular complexity index is 1580. The first-order chi connectivity index (χ1) is 15.2. The molecule has 0 spiro atoms. The highest BCUT2D eigenvalue weighted by molar-refractivity contribution is 7.15. The highest BCUT2D eigenvalue weighted by Gasteiger charge is 2.16. The summed E-state index contributed by atoms with van der Waals surface area (Å²) >= 11 is 1.73. The second kappa shape index (κ2) is 6.75. The van der Waals surface area contributed by atoms with Gasteiger partial charge in [-0.25, -0.2) is 4.98 Å². The Labute approximate surface area is 180 Å². The molecule has 6 rings (SSSR count). The van der Waals surface area contributed by atoms with Crippen LogP contribution in [0.25, 0.3) is 55.2 Å². The smallest absolute Gasteiger partial charge is 0.135 e. The Morgan fingerprint density at radius 3 is 2.74 bits per heavy atom. The van der Waals surface area contributed by atoms with E-state index in [9.17, 15) is 5.11 Å². The number of rotatable bonds is 3. The third kappa shape index (κ3) is 2.96. The van der Waals surface area contributed by atoms with Gasteiger partial charge in [0.15, 0.2) is 0 Å². The number of thiophene rings is 1. The van der Waals surface area contributed by atoms with Crippen molar-refractivity contribution in [1.29, 1.82) is 0 Å². The quantitative estimate of drug-likeness (QED) is 0.357. The van der Waals surface area contributed by atoms with Crippen LogP contribution in [0.2, 0.25) is 0 Å². The molecule has 0 fully saturated rings. The molecule has 0 saturated carbocycles. The maximum Gasteiger partial charge on any atom is 0.135 e. The van der Waals surface area contributed by atoms with E-state index >= 15 is 0 Å². The fraction of sp³-hybridized carbons (Fsp3) is 0.0435. The topological polar surface area (TPSA) is 103 Å². The van der Waals surface area contributed by atoms with E-state index in [1.54, 1.807) is 23.6 Å². The highest BCUT2D eigenvalue weighted by Crippen LogP contribution is 2.35. The van der Waals surface area contributed by atoms with Crippen LogP contribution in [0.3, 0.4) is 0 Å². The molecule has 6 heterocycles. The lowest BCUT2D eigenvalue weighted by Gasteiger charge is -2.01. The van der Waals surface area contributed by atoms with Gasteiger partial charge in [-0.3, -0.25) is 15.1 Å². The number of nitrogens with one attached hydrogen (secondary N) is 2. The molecular formula is C23H16N6OS. The Morgan fingerprint density at radius 1 is 0.968 bits per heavy atom. The average molecular weight is 424 g/mol. The van der Waals surface area contributed by atoms with Crippen LogP contribution in [0.1, 0.15) is 4.88 Å². The van der Waals surface area contributed by atoms with E-state index in [0.29, 0.717) is 5.69 Å². The van der Waals surface area contributed by atoms with Crippen LogP contribution in [-0.2, 0) is 0 Å². The van der Waals surface area contributed by atoms with E-state index in [2.05, 4.69) is 50.3 Å². The second-order valence-corrected chi connectivity index (χ2v) is 8.60. The first-order valence-electron chi connectivity index (χ1n) is 9.70. The van der Waals surface area contributed by atoms with Crippen molar-refractivity contribution in [2.45, 2.75) is 6.92 Å². The molecule has 0 aromatic carbocycles. The van der Waals surface area contributed by atoms with Crippen molar-refractivity contribution in [3.63, 3.8) is 0 Å². The minimum atomic E-state index is 0.103. The molecule has 0 aliphatic heterocycles. The molecule has 31 heavy (non-hydrogen) atoms. The van der Waals surface area contributed by atoms with Gasteiger partial charge in [-0.15, -0.1) is 11.3 Å². The van der Waals surface area contributed by atoms with E-state index < -0.39 is 0 Å². The van der Waals surface area contributed by atoms with Gasteiger partial charge < -0.3 is 10.1 Å². The Balaban J connectivity index is 1.51. The summed E-state index contributed by atoms with van der Waals surface area (Å²) in [5, 5.41) is 18.4. The van der Waals surface area contributed by atoms with Crippen LogP contribution in [0, 0.1) is 6.92 Å². The number of aryl methyl sites for hydroxylation is 1. The molecule has 8 heteroatoms. The molecule has 0 aliphatic carbocycles. The molecule has 0 radical (unpaired) electrons. The van der Waals surface area contributed by atoms with E-state index in [4.69, 9.17) is 4.98 Å². The average Bonchev–Trinajstić information content (AvgIpc) is 3.50. The van der Waals surface area contributed by atoms with Gasteiger partial charge in [0, 0.05) is 33.7 Å². The van der Waals surface area contributed by atoms with Crippen LogP contribution in [0.5, 0.6) is 5.75 Å². The molecule has 0 aliphatic rings. The molecule has 0 saturated heterocycles. The number of hydrogen-bond donors (Lipinski definition) is 3. The number of hydrogen-bond acceptors (Lipinski definition) is 6. The molecule has 150 valence electrons. The maximum atomic E-state index is 9.76. The predicted molar refractivity (Wildman–Crippen MR) is 122 cm³/mol. The second-order valence-electron chi connectivity index (χ2n) is 7.31. The van der Waals surface area contributed by atoms with Gasteiger partial charge in [-0.05, 0) is 49.4 Å². The van der Waals surface area contributed by atoms with Crippen LogP contribution < -0.4 is 0 Å². The number of aromatic hydroxyl groups is 1. The maximum absolute atomic E-state index is 9.76. The molecule has 0 bridgehead atoms. The third-order valence-corrected chi connectivity index (χ3v) is 6.21. The van der Waals surface area contributed by atoms with Crippen molar-refractivity contribution < 1.29 is 5.11 Å². The van der Waals surface area contributed by atoms with Crippen molar-refractivity contribution in [2.24, 2.45) is 0 Å². The number of aromatic amines is 2. The van der Waals surface area contributed by atoms with E-state index in [-0.39, 0.29) is 5.75 Å². The molecule has 0 atom stereocenters. The van der Waals surface area contributed by atoms with E-state index in [1.807, 2.05) is 24.4 Å². The zero-order valence-electron chi connectivity index (χ0n) is 16.4. The lowest BCUT2D eigenvalue weighted by Crippen LogP contribution is -1.86. The van der Waals surface area contributed by atoms with Crippen molar-refractivity contribution in [3.05, 3.63) is 65.9 Å². The molecule has 6 aromatic heterocycles. The lowest BCUT2D eigenvalue weighted by atomic mass is 10.1. The van der Waals surface area contributed by atoms with E-state index in [1.165, 1.54) is 11.1 Å². The summed E-state index contributed by atoms with van der Waals surface area (Å²) in [6, 6.07) is 13.7. The lowest BCUT2D eigenvalue weighted by molar-refractivity contribution is 0.473. The summed E-state index contributed by atoms with van der Waals surface area (Å²) in [6.07, 6.45) is 4.90. The standard InChI is InChI=1S/C23H16N6OS/c1-12-2-5-20(31-12)21-15-9-19(26-17(15)6-7-25-21)23-22-18(28-29-23)4-3-16(27-22)13-8-14(30)11-24-10-13/h2-11,26,30H,1H3,(H,28,29). The van der Waals surface area contributed by atoms with Crippen LogP contribution >= 0.6 is 11.3 Å². The first-order valence-corrected chi connectivity index (χ1v) is 10.5. The van der Waals surface area contributed by atoms with Gasteiger partial charge in [0.2, 0.25) is 0 Å². The molecular weight excluding hydrogens is 408 g/mol. The monoisotopic (exact) mass is 424 g/mol. The Morgan fingerprint density at radius 2 is 1.90 bits per heavy atom. The summed E-state index contributed by atoms with van der Waals surface area (Å²) < 4.78 is 0. The number of fused-ring (bicyclic) bond motifs is 2. The number of nitrogens with zero attached hydrogens (tertiary/aromatic N) is 4. The van der Waals surface area contributed by atoms with Crippen molar-refractivity contribution >= 4 is 33.3 Å². The predicted octanol–water partition coefficient (Wildman–Crippen LogP) is 5.31. The third-order valence-electron chi connectivity index (χ3n) is 5.20. The van der Waals surface area contributed by atoms with Gasteiger partial charge in [-0.2, -0.15) is 5.10 Å². The van der Waals surface area contributed by atoms with Gasteiger partial charge >= 0.3 is 0 Å². The van der Waals surface area contributed by atoms with Crippen molar-refractivity contribution in [2.75, 3.05) is 0 Å². The Kier molecular flexibility index (Phi) is 3.87. The summed E-state index contributed by atoms with van der Waals surface area (Å²) in [5.74, 6) is 0.103. The molecule has 6 aromatic rings. The van der Waals surface area contributed by atoms with Gasteiger partial charge in [0.25, 0.3) is 0 Å². The van der Waals surface area contributed by atoms with Crippen molar-refractivity contribution in [1.82, 2.24) is 30.1 Å². The van der Waals surface area contributed by atoms with Crippen LogP contribution in [0.4, 0.5) is 0 Å². The fourth-order valence-corrected chi connectivity index (χ4v) is 4.63. The highest BCUT2D eigenvalue weighted by atomic mass is 32.1. The zero-order chi connectivity index (χ0) is 20.9. The summed E-state index contributed by atoms with van der Waals surface area (Å²) in [5.41, 5.74) is 6.58. The fourth-order valence-electron chi connectivity index (χ4n) is 3.75.